The van der Waals surface area contributed by atoms with Crippen LogP contribution in [0, 0.1) is 0 Å². The van der Waals surface area contributed by atoms with E-state index in [-0.39, 0.29) is 17.0 Å². The molecule has 0 aliphatic heterocycles. The van der Waals surface area contributed by atoms with Crippen LogP contribution in [0.1, 0.15) is 11.1 Å². The van der Waals surface area contributed by atoms with Gasteiger partial charge in [0.1, 0.15) is 11.5 Å². The van der Waals surface area contributed by atoms with Crippen LogP contribution >= 0.6 is 32.9 Å². The first kappa shape index (κ1) is 13.5. The Labute approximate surface area is 114 Å². The standard InChI is InChI=1S/C11H12BrNO2.BrH/c1-14-9-4-8(12)11(15-2)7-3-6(5-13)10(7)9;/h3-4H,5,13H2,1-2H3;1H. The molecule has 0 saturated carbocycles. The van der Waals surface area contributed by atoms with Crippen molar-refractivity contribution < 1.29 is 9.47 Å². The van der Waals surface area contributed by atoms with E-state index >= 15 is 0 Å². The van der Waals surface area contributed by atoms with E-state index in [1.807, 2.05) is 12.1 Å². The van der Waals surface area contributed by atoms with Gasteiger partial charge in [-0.05, 0) is 33.6 Å². The Balaban J connectivity index is 0.00000128. The molecule has 0 bridgehead atoms. The van der Waals surface area contributed by atoms with Crippen molar-refractivity contribution in [2.75, 3.05) is 20.8 Å². The molecule has 1 aromatic carbocycles. The molecule has 0 atom stereocenters. The summed E-state index contributed by atoms with van der Waals surface area (Å²) < 4.78 is 11.5. The maximum absolute atomic E-state index is 5.63. The van der Waals surface area contributed by atoms with Gasteiger partial charge in [-0.25, -0.2) is 0 Å². The molecule has 1 aliphatic carbocycles. The van der Waals surface area contributed by atoms with Gasteiger partial charge >= 0.3 is 0 Å². The van der Waals surface area contributed by atoms with Crippen LogP contribution in [0.2, 0.25) is 0 Å². The van der Waals surface area contributed by atoms with Crippen LogP contribution in [0.25, 0.3) is 11.6 Å². The van der Waals surface area contributed by atoms with E-state index in [2.05, 4.69) is 15.9 Å². The number of hydrogen-bond acceptors (Lipinski definition) is 3. The quantitative estimate of drug-likeness (QED) is 0.911. The third-order valence-electron chi connectivity index (χ3n) is 2.52. The molecule has 16 heavy (non-hydrogen) atoms. The molecular formula is C11H13Br2NO2. The second-order valence-electron chi connectivity index (χ2n) is 3.26. The molecule has 0 heterocycles. The Kier molecular flexibility index (Phi) is 4.41. The fourth-order valence-electron chi connectivity index (χ4n) is 1.79. The van der Waals surface area contributed by atoms with Gasteiger partial charge in [0, 0.05) is 17.7 Å². The van der Waals surface area contributed by atoms with E-state index in [4.69, 9.17) is 15.2 Å². The van der Waals surface area contributed by atoms with Crippen LogP contribution in [0.15, 0.2) is 10.5 Å². The van der Waals surface area contributed by atoms with Crippen LogP contribution in [0.5, 0.6) is 11.5 Å². The van der Waals surface area contributed by atoms with Crippen molar-refractivity contribution in [1.82, 2.24) is 0 Å². The first-order chi connectivity index (χ1) is 7.22. The summed E-state index contributed by atoms with van der Waals surface area (Å²) >= 11 is 3.44. The van der Waals surface area contributed by atoms with Gasteiger partial charge in [0.2, 0.25) is 0 Å². The Bertz CT molecular complexity index is 444. The van der Waals surface area contributed by atoms with Crippen LogP contribution in [-0.2, 0) is 0 Å². The highest BCUT2D eigenvalue weighted by atomic mass is 79.9. The summed E-state index contributed by atoms with van der Waals surface area (Å²) in [5.74, 6) is 1.67. The topological polar surface area (TPSA) is 44.5 Å². The minimum atomic E-state index is 0. The molecule has 0 amide bonds. The molecule has 0 radical (unpaired) electrons. The number of fused-ring (bicyclic) bond motifs is 1. The molecule has 0 fully saturated rings. The van der Waals surface area contributed by atoms with Gasteiger partial charge in [-0.15, -0.1) is 17.0 Å². The lowest BCUT2D eigenvalue weighted by molar-refractivity contribution is 0.398. The maximum atomic E-state index is 5.63. The molecule has 0 saturated heterocycles. The highest BCUT2D eigenvalue weighted by Gasteiger charge is 2.25. The molecule has 0 aromatic heterocycles. The van der Waals surface area contributed by atoms with Gasteiger partial charge in [-0.1, -0.05) is 0 Å². The maximum Gasteiger partial charge on any atom is 0.141 e. The third-order valence-corrected chi connectivity index (χ3v) is 3.11. The van der Waals surface area contributed by atoms with E-state index < -0.39 is 0 Å². The zero-order chi connectivity index (χ0) is 11.0. The SMILES string of the molecule is Br.COc1cc(Br)c(OC)c2c1C(CN)=C2. The molecule has 3 nitrogen and oxygen atoms in total. The van der Waals surface area contributed by atoms with Gasteiger partial charge in [-0.3, -0.25) is 0 Å². The first-order valence-electron chi connectivity index (χ1n) is 4.58. The average Bonchev–Trinajstić information content (AvgIpc) is 2.20. The fourth-order valence-corrected chi connectivity index (χ4v) is 2.38. The van der Waals surface area contributed by atoms with E-state index in [1.165, 1.54) is 0 Å². The number of hydrogen-bond donors (Lipinski definition) is 1. The van der Waals surface area contributed by atoms with Crippen molar-refractivity contribution in [1.29, 1.82) is 0 Å². The monoisotopic (exact) mass is 349 g/mol. The molecule has 1 aromatic rings. The number of halogens is 2. The Morgan fingerprint density at radius 2 is 2.00 bits per heavy atom. The fraction of sp³-hybridized carbons (Fsp3) is 0.273. The second kappa shape index (κ2) is 5.21. The Morgan fingerprint density at radius 1 is 1.31 bits per heavy atom. The first-order valence-corrected chi connectivity index (χ1v) is 5.37. The summed E-state index contributed by atoms with van der Waals surface area (Å²) in [6.45, 7) is 0.522. The van der Waals surface area contributed by atoms with Gasteiger partial charge in [-0.2, -0.15) is 0 Å². The third kappa shape index (κ3) is 1.87. The van der Waals surface area contributed by atoms with Crippen LogP contribution in [0.4, 0.5) is 0 Å². The minimum Gasteiger partial charge on any atom is -0.496 e. The summed E-state index contributed by atoms with van der Waals surface area (Å²) in [4.78, 5) is 0. The Hall–Kier alpha value is -0.520. The van der Waals surface area contributed by atoms with Crippen molar-refractivity contribution in [3.63, 3.8) is 0 Å². The molecule has 5 heteroatoms. The number of nitrogens with two attached hydrogens (primary N) is 1. The molecule has 2 rings (SSSR count). The van der Waals surface area contributed by atoms with Crippen LogP contribution in [0.3, 0.4) is 0 Å². The van der Waals surface area contributed by atoms with Crippen LogP contribution < -0.4 is 15.2 Å². The molecule has 0 spiro atoms. The van der Waals surface area contributed by atoms with Gasteiger partial charge < -0.3 is 15.2 Å². The normalized spacial score (nSPS) is 11.9. The van der Waals surface area contributed by atoms with Crippen molar-refractivity contribution in [2.45, 2.75) is 0 Å². The van der Waals surface area contributed by atoms with E-state index in [1.54, 1.807) is 14.2 Å². The van der Waals surface area contributed by atoms with Crippen LogP contribution in [-0.4, -0.2) is 20.8 Å². The predicted octanol–water partition coefficient (Wildman–Crippen LogP) is 2.86. The number of benzene rings is 1. The smallest absolute Gasteiger partial charge is 0.141 e. The highest BCUT2D eigenvalue weighted by molar-refractivity contribution is 9.10. The number of methoxy groups -OCH3 is 2. The Morgan fingerprint density at radius 3 is 2.50 bits per heavy atom. The van der Waals surface area contributed by atoms with Gasteiger partial charge in [0.25, 0.3) is 0 Å². The minimum absolute atomic E-state index is 0. The molecular weight excluding hydrogens is 338 g/mol. The summed E-state index contributed by atoms with van der Waals surface area (Å²) in [6.07, 6.45) is 2.03. The lowest BCUT2D eigenvalue weighted by atomic mass is 9.87. The van der Waals surface area contributed by atoms with Gasteiger partial charge in [0.05, 0.1) is 18.7 Å². The summed E-state index contributed by atoms with van der Waals surface area (Å²) in [7, 11) is 3.31. The predicted molar refractivity (Wildman–Crippen MR) is 74.5 cm³/mol. The zero-order valence-electron chi connectivity index (χ0n) is 9.04. The van der Waals surface area contributed by atoms with Crippen molar-refractivity contribution in [3.05, 3.63) is 21.7 Å². The summed E-state index contributed by atoms with van der Waals surface area (Å²) in [5, 5.41) is 0. The largest absolute Gasteiger partial charge is 0.496 e. The van der Waals surface area contributed by atoms with Crippen molar-refractivity contribution >= 4 is 44.6 Å². The molecule has 2 N–H and O–H groups in total. The van der Waals surface area contributed by atoms with E-state index in [9.17, 15) is 0 Å². The van der Waals surface area contributed by atoms with E-state index in [0.29, 0.717) is 6.54 Å². The number of rotatable bonds is 3. The van der Waals surface area contributed by atoms with Gasteiger partial charge in [0.15, 0.2) is 0 Å². The summed E-state index contributed by atoms with van der Waals surface area (Å²) in [6, 6.07) is 1.90. The molecule has 0 unspecified atom stereocenters. The van der Waals surface area contributed by atoms with Crippen molar-refractivity contribution in [2.24, 2.45) is 5.73 Å². The molecule has 1 aliphatic rings. The van der Waals surface area contributed by atoms with E-state index in [0.717, 1.165) is 32.7 Å². The lowest BCUT2D eigenvalue weighted by Gasteiger charge is -2.25. The average molecular weight is 351 g/mol. The molecule has 88 valence electrons. The lowest BCUT2D eigenvalue weighted by Crippen LogP contribution is -2.12. The van der Waals surface area contributed by atoms with Crippen molar-refractivity contribution in [3.8, 4) is 11.5 Å². The summed E-state index contributed by atoms with van der Waals surface area (Å²) in [5.41, 5.74) is 8.86. The second-order valence-corrected chi connectivity index (χ2v) is 4.11. The number of ether oxygens (including phenoxy) is 2. The zero-order valence-corrected chi connectivity index (χ0v) is 12.3. The highest BCUT2D eigenvalue weighted by Crippen LogP contribution is 2.47.